The highest BCUT2D eigenvalue weighted by atomic mass is 16.3. The van der Waals surface area contributed by atoms with Crippen LogP contribution in [0.5, 0.6) is 5.75 Å². The number of phenolic OH excluding ortho intramolecular Hbond substituents is 1. The fraction of sp³-hybridized carbons (Fsp3) is 0.571. The van der Waals surface area contributed by atoms with E-state index in [4.69, 9.17) is 0 Å². The first-order valence-electron chi connectivity index (χ1n) is 6.34. The molecule has 0 aliphatic heterocycles. The Kier molecular flexibility index (Phi) is 4.23. The Balaban J connectivity index is 1.66. The normalized spacial score (nSPS) is 16.8. The Morgan fingerprint density at radius 2 is 1.94 bits per heavy atom. The third-order valence-corrected chi connectivity index (χ3v) is 3.47. The summed E-state index contributed by atoms with van der Waals surface area (Å²) in [4.78, 5) is 0. The number of phenols is 1. The Bertz CT molecular complexity index is 318. The number of benzene rings is 1. The second-order valence-electron chi connectivity index (χ2n) is 4.73. The summed E-state index contributed by atoms with van der Waals surface area (Å²) in [6.07, 6.45) is 6.52. The van der Waals surface area contributed by atoms with Crippen molar-refractivity contribution in [1.29, 1.82) is 0 Å². The van der Waals surface area contributed by atoms with Gasteiger partial charge in [-0.15, -0.1) is 0 Å². The molecule has 2 rings (SSSR count). The van der Waals surface area contributed by atoms with Crippen LogP contribution in [0.3, 0.4) is 0 Å². The quantitative estimate of drug-likeness (QED) is 0.746. The van der Waals surface area contributed by atoms with Gasteiger partial charge in [0.1, 0.15) is 5.75 Å². The highest BCUT2D eigenvalue weighted by molar-refractivity contribution is 5.31. The van der Waals surface area contributed by atoms with Gasteiger partial charge < -0.3 is 10.4 Å². The van der Waals surface area contributed by atoms with Gasteiger partial charge in [-0.25, -0.2) is 0 Å². The number of para-hydroxylation sites is 1. The monoisotopic (exact) mass is 219 g/mol. The second-order valence-corrected chi connectivity index (χ2v) is 4.73. The predicted octanol–water partition coefficient (Wildman–Crippen LogP) is 2.71. The second kappa shape index (κ2) is 5.90. The van der Waals surface area contributed by atoms with E-state index in [1.165, 1.54) is 25.7 Å². The highest BCUT2D eigenvalue weighted by Crippen LogP contribution is 2.23. The van der Waals surface area contributed by atoms with Crippen LogP contribution in [-0.2, 0) is 6.42 Å². The molecule has 2 heteroatoms. The molecule has 0 heterocycles. The lowest BCUT2D eigenvalue weighted by atomic mass is 10.1. The summed E-state index contributed by atoms with van der Waals surface area (Å²) < 4.78 is 0. The van der Waals surface area contributed by atoms with E-state index in [1.54, 1.807) is 6.07 Å². The molecule has 0 unspecified atom stereocenters. The minimum atomic E-state index is 0.421. The molecule has 16 heavy (non-hydrogen) atoms. The van der Waals surface area contributed by atoms with Gasteiger partial charge >= 0.3 is 0 Å². The van der Waals surface area contributed by atoms with E-state index in [0.29, 0.717) is 5.75 Å². The molecule has 88 valence electrons. The lowest BCUT2D eigenvalue weighted by molar-refractivity contribution is 0.462. The SMILES string of the molecule is Oc1ccccc1CCNCC1CCCC1. The van der Waals surface area contributed by atoms with Gasteiger partial charge in [0, 0.05) is 0 Å². The minimum absolute atomic E-state index is 0.421. The van der Waals surface area contributed by atoms with Gasteiger partial charge in [0.05, 0.1) is 0 Å². The third kappa shape index (κ3) is 3.24. The zero-order chi connectivity index (χ0) is 11.2. The summed E-state index contributed by atoms with van der Waals surface area (Å²) in [5, 5.41) is 13.1. The zero-order valence-electron chi connectivity index (χ0n) is 9.78. The fourth-order valence-corrected chi connectivity index (χ4v) is 2.47. The highest BCUT2D eigenvalue weighted by Gasteiger charge is 2.13. The number of hydrogen-bond acceptors (Lipinski definition) is 2. The van der Waals surface area contributed by atoms with Crippen molar-refractivity contribution >= 4 is 0 Å². The number of rotatable bonds is 5. The van der Waals surface area contributed by atoms with Crippen molar-refractivity contribution in [2.24, 2.45) is 5.92 Å². The van der Waals surface area contributed by atoms with Crippen LogP contribution in [0.4, 0.5) is 0 Å². The Hall–Kier alpha value is -1.02. The first kappa shape index (κ1) is 11.5. The van der Waals surface area contributed by atoms with Crippen molar-refractivity contribution < 1.29 is 5.11 Å². The van der Waals surface area contributed by atoms with E-state index in [9.17, 15) is 5.11 Å². The molecule has 1 aliphatic carbocycles. The summed E-state index contributed by atoms with van der Waals surface area (Å²) in [5.74, 6) is 1.31. The van der Waals surface area contributed by atoms with Gasteiger partial charge in [0.2, 0.25) is 0 Å². The molecule has 0 spiro atoms. The van der Waals surface area contributed by atoms with Crippen LogP contribution in [0.2, 0.25) is 0 Å². The van der Waals surface area contributed by atoms with Gasteiger partial charge in [-0.05, 0) is 49.9 Å². The molecule has 0 radical (unpaired) electrons. The maximum Gasteiger partial charge on any atom is 0.118 e. The molecule has 0 amide bonds. The average Bonchev–Trinajstić information content (AvgIpc) is 2.79. The molecular formula is C14H21NO. The number of aromatic hydroxyl groups is 1. The van der Waals surface area contributed by atoms with Crippen molar-refractivity contribution in [1.82, 2.24) is 5.32 Å². The predicted molar refractivity (Wildman–Crippen MR) is 66.6 cm³/mol. The van der Waals surface area contributed by atoms with Crippen LogP contribution in [-0.4, -0.2) is 18.2 Å². The van der Waals surface area contributed by atoms with Crippen LogP contribution in [0.25, 0.3) is 0 Å². The summed E-state index contributed by atoms with van der Waals surface area (Å²) in [7, 11) is 0. The van der Waals surface area contributed by atoms with E-state index >= 15 is 0 Å². The molecule has 0 atom stereocenters. The molecule has 0 bridgehead atoms. The molecule has 1 aromatic rings. The van der Waals surface area contributed by atoms with Crippen molar-refractivity contribution in [3.8, 4) is 5.75 Å². The third-order valence-electron chi connectivity index (χ3n) is 3.47. The summed E-state index contributed by atoms with van der Waals surface area (Å²) >= 11 is 0. The van der Waals surface area contributed by atoms with Gasteiger partial charge in [-0.1, -0.05) is 31.0 Å². The Morgan fingerprint density at radius 3 is 2.69 bits per heavy atom. The zero-order valence-corrected chi connectivity index (χ0v) is 9.78. The van der Waals surface area contributed by atoms with Crippen LogP contribution in [0.15, 0.2) is 24.3 Å². The fourth-order valence-electron chi connectivity index (χ4n) is 2.47. The lowest BCUT2D eigenvalue weighted by Gasteiger charge is -2.10. The van der Waals surface area contributed by atoms with Crippen LogP contribution < -0.4 is 5.32 Å². The van der Waals surface area contributed by atoms with Crippen molar-refractivity contribution in [2.45, 2.75) is 32.1 Å². The van der Waals surface area contributed by atoms with Gasteiger partial charge in [0.15, 0.2) is 0 Å². The van der Waals surface area contributed by atoms with Gasteiger partial charge in [0.25, 0.3) is 0 Å². The Labute approximate surface area is 97.7 Å². The van der Waals surface area contributed by atoms with Crippen LogP contribution >= 0.6 is 0 Å². The molecule has 1 aliphatic rings. The molecule has 0 saturated heterocycles. The maximum atomic E-state index is 9.59. The van der Waals surface area contributed by atoms with Gasteiger partial charge in [-0.3, -0.25) is 0 Å². The Morgan fingerprint density at radius 1 is 1.19 bits per heavy atom. The standard InChI is InChI=1S/C14H21NO/c16-14-8-4-3-7-13(14)9-10-15-11-12-5-1-2-6-12/h3-4,7-8,12,15-16H,1-2,5-6,9-11H2. The summed E-state index contributed by atoms with van der Waals surface area (Å²) in [6.45, 7) is 2.11. The van der Waals surface area contributed by atoms with E-state index in [2.05, 4.69) is 5.32 Å². The van der Waals surface area contributed by atoms with Crippen LogP contribution in [0.1, 0.15) is 31.2 Å². The van der Waals surface area contributed by atoms with E-state index < -0.39 is 0 Å². The van der Waals surface area contributed by atoms with E-state index in [1.807, 2.05) is 18.2 Å². The molecule has 1 fully saturated rings. The number of hydrogen-bond donors (Lipinski definition) is 2. The topological polar surface area (TPSA) is 32.3 Å². The van der Waals surface area contributed by atoms with Crippen molar-refractivity contribution in [3.05, 3.63) is 29.8 Å². The van der Waals surface area contributed by atoms with Crippen molar-refractivity contribution in [3.63, 3.8) is 0 Å². The number of nitrogens with one attached hydrogen (secondary N) is 1. The smallest absolute Gasteiger partial charge is 0.118 e. The summed E-state index contributed by atoms with van der Waals surface area (Å²) in [6, 6.07) is 7.59. The molecule has 1 aromatic carbocycles. The molecule has 0 aromatic heterocycles. The average molecular weight is 219 g/mol. The molecule has 2 nitrogen and oxygen atoms in total. The minimum Gasteiger partial charge on any atom is -0.508 e. The van der Waals surface area contributed by atoms with E-state index in [0.717, 1.165) is 31.0 Å². The first-order chi connectivity index (χ1) is 7.86. The lowest BCUT2D eigenvalue weighted by Crippen LogP contribution is -2.23. The van der Waals surface area contributed by atoms with Crippen molar-refractivity contribution in [2.75, 3.05) is 13.1 Å². The summed E-state index contributed by atoms with van der Waals surface area (Å²) in [5.41, 5.74) is 1.04. The van der Waals surface area contributed by atoms with Gasteiger partial charge in [-0.2, -0.15) is 0 Å². The largest absolute Gasteiger partial charge is 0.508 e. The maximum absolute atomic E-state index is 9.59. The first-order valence-corrected chi connectivity index (χ1v) is 6.34. The van der Waals surface area contributed by atoms with E-state index in [-0.39, 0.29) is 0 Å². The molecular weight excluding hydrogens is 198 g/mol. The van der Waals surface area contributed by atoms with Crippen LogP contribution in [0, 0.1) is 5.92 Å². The molecule has 2 N–H and O–H groups in total. The molecule has 1 saturated carbocycles.